The first-order valence-corrected chi connectivity index (χ1v) is 8.77. The van der Waals surface area contributed by atoms with Gasteiger partial charge in [0.15, 0.2) is 0 Å². The topological polar surface area (TPSA) is 33.1 Å². The molecule has 2 aliphatic rings. The molecule has 2 fully saturated rings. The third-order valence-corrected chi connectivity index (χ3v) is 5.12. The first-order valence-electron chi connectivity index (χ1n) is 8.77. The van der Waals surface area contributed by atoms with Gasteiger partial charge in [0, 0.05) is 37.4 Å². The number of piperidine rings is 1. The van der Waals surface area contributed by atoms with Crippen molar-refractivity contribution in [2.24, 2.45) is 0 Å². The maximum Gasteiger partial charge on any atom is 0.205 e. The number of hydrogen-bond donors (Lipinski definition) is 1. The van der Waals surface area contributed by atoms with Crippen molar-refractivity contribution in [3.63, 3.8) is 0 Å². The van der Waals surface area contributed by atoms with Crippen molar-refractivity contribution in [1.29, 1.82) is 0 Å². The van der Waals surface area contributed by atoms with E-state index in [0.717, 1.165) is 30.9 Å². The average molecular weight is 290 g/mol. The quantitative estimate of drug-likeness (QED) is 0.874. The zero-order chi connectivity index (χ0) is 14.8. The highest BCUT2D eigenvalue weighted by Gasteiger charge is 2.36. The summed E-state index contributed by atoms with van der Waals surface area (Å²) < 4.78 is 2.38. The zero-order valence-electron chi connectivity index (χ0n) is 13.8. The maximum absolute atomic E-state index is 4.85. The van der Waals surface area contributed by atoms with Crippen LogP contribution in [0.5, 0.6) is 0 Å². The van der Waals surface area contributed by atoms with Crippen LogP contribution in [0.15, 0.2) is 6.20 Å². The van der Waals surface area contributed by atoms with Gasteiger partial charge in [0.2, 0.25) is 5.95 Å². The molecule has 2 atom stereocenters. The molecule has 2 unspecified atom stereocenters. The van der Waals surface area contributed by atoms with Crippen LogP contribution in [0.3, 0.4) is 0 Å². The van der Waals surface area contributed by atoms with E-state index in [4.69, 9.17) is 4.98 Å². The van der Waals surface area contributed by atoms with Crippen LogP contribution in [-0.2, 0) is 6.54 Å². The summed E-state index contributed by atoms with van der Waals surface area (Å²) in [4.78, 5) is 7.41. The number of aryl methyl sites for hydroxylation is 2. The first kappa shape index (κ1) is 14.9. The zero-order valence-corrected chi connectivity index (χ0v) is 13.8. The molecule has 1 aromatic rings. The molecule has 1 N–H and O–H groups in total. The van der Waals surface area contributed by atoms with E-state index >= 15 is 0 Å². The van der Waals surface area contributed by atoms with Gasteiger partial charge in [-0.15, -0.1) is 0 Å². The predicted molar refractivity (Wildman–Crippen MR) is 87.9 cm³/mol. The van der Waals surface area contributed by atoms with Crippen molar-refractivity contribution >= 4 is 5.95 Å². The van der Waals surface area contributed by atoms with E-state index < -0.39 is 0 Å². The van der Waals surface area contributed by atoms with E-state index in [1.807, 2.05) is 0 Å². The number of fused-ring (bicyclic) bond motifs is 2. The summed E-state index contributed by atoms with van der Waals surface area (Å²) >= 11 is 0. The van der Waals surface area contributed by atoms with Crippen molar-refractivity contribution in [2.75, 3.05) is 11.4 Å². The normalized spacial score (nSPS) is 28.0. The molecule has 2 saturated heterocycles. The molecular formula is C17H30N4. The Morgan fingerprint density at radius 2 is 2.00 bits per heavy atom. The second-order valence-corrected chi connectivity index (χ2v) is 6.78. The highest BCUT2D eigenvalue weighted by atomic mass is 15.3. The van der Waals surface area contributed by atoms with Crippen LogP contribution >= 0.6 is 0 Å². The number of anilines is 1. The lowest BCUT2D eigenvalue weighted by Crippen LogP contribution is -2.49. The van der Waals surface area contributed by atoms with Gasteiger partial charge in [-0.1, -0.05) is 13.3 Å². The third-order valence-electron chi connectivity index (χ3n) is 5.12. The second kappa shape index (κ2) is 6.39. The number of hydrogen-bond acceptors (Lipinski definition) is 3. The molecule has 4 nitrogen and oxygen atoms in total. The van der Waals surface area contributed by atoms with E-state index in [-0.39, 0.29) is 0 Å². The summed E-state index contributed by atoms with van der Waals surface area (Å²) in [5, 5.41) is 3.75. The molecule has 0 aromatic carbocycles. The minimum atomic E-state index is 0.663. The summed E-state index contributed by atoms with van der Waals surface area (Å²) in [6, 6.07) is 2.14. The number of imidazole rings is 1. The Bertz CT molecular complexity index is 455. The summed E-state index contributed by atoms with van der Waals surface area (Å²) in [7, 11) is 0. The van der Waals surface area contributed by atoms with Crippen molar-refractivity contribution < 1.29 is 0 Å². The van der Waals surface area contributed by atoms with E-state index in [2.05, 4.69) is 41.8 Å². The molecule has 21 heavy (non-hydrogen) atoms. The lowest BCUT2D eigenvalue weighted by atomic mass is 9.98. The molecule has 2 bridgehead atoms. The number of nitrogens with one attached hydrogen (secondary N) is 1. The minimum Gasteiger partial charge on any atom is -0.339 e. The summed E-state index contributed by atoms with van der Waals surface area (Å²) in [5.41, 5.74) is 1.15. The van der Waals surface area contributed by atoms with E-state index in [1.165, 1.54) is 44.5 Å². The van der Waals surface area contributed by atoms with Crippen molar-refractivity contribution in [1.82, 2.24) is 14.9 Å². The van der Waals surface area contributed by atoms with Gasteiger partial charge in [-0.05, 0) is 46.0 Å². The Balaban J connectivity index is 1.79. The number of unbranched alkanes of at least 4 members (excludes halogenated alkanes) is 1. The fraction of sp³-hybridized carbons (Fsp3) is 0.824. The van der Waals surface area contributed by atoms with Gasteiger partial charge in [0.05, 0.1) is 5.69 Å². The Kier molecular flexibility index (Phi) is 4.53. The van der Waals surface area contributed by atoms with Crippen LogP contribution in [0.2, 0.25) is 0 Å². The van der Waals surface area contributed by atoms with Crippen molar-refractivity contribution in [3.8, 4) is 0 Å². The minimum absolute atomic E-state index is 0.663. The number of nitrogens with zero attached hydrogens (tertiary/aromatic N) is 3. The number of aromatic nitrogens is 2. The molecule has 0 spiro atoms. The third kappa shape index (κ3) is 3.10. The van der Waals surface area contributed by atoms with E-state index in [0.29, 0.717) is 6.04 Å². The van der Waals surface area contributed by atoms with Crippen LogP contribution in [-0.4, -0.2) is 34.2 Å². The van der Waals surface area contributed by atoms with Gasteiger partial charge in [0.25, 0.3) is 0 Å². The molecule has 0 amide bonds. The largest absolute Gasteiger partial charge is 0.339 e. The van der Waals surface area contributed by atoms with Crippen LogP contribution in [0.4, 0.5) is 5.95 Å². The fourth-order valence-corrected chi connectivity index (χ4v) is 4.10. The molecule has 3 heterocycles. The van der Waals surface area contributed by atoms with Crippen molar-refractivity contribution in [3.05, 3.63) is 11.9 Å². The van der Waals surface area contributed by atoms with Gasteiger partial charge in [-0.25, -0.2) is 4.98 Å². The van der Waals surface area contributed by atoms with Gasteiger partial charge < -0.3 is 14.8 Å². The molecule has 4 heteroatoms. The Labute approximate surface area is 128 Å². The number of rotatable bonds is 6. The maximum atomic E-state index is 4.85. The lowest BCUT2D eigenvalue weighted by molar-refractivity contribution is 0.345. The Morgan fingerprint density at radius 1 is 1.29 bits per heavy atom. The molecule has 1 aromatic heterocycles. The first-order chi connectivity index (χ1) is 10.2. The molecule has 2 aliphatic heterocycles. The van der Waals surface area contributed by atoms with Crippen LogP contribution in [0, 0.1) is 6.92 Å². The lowest BCUT2D eigenvalue weighted by Gasteiger charge is -2.38. The second-order valence-electron chi connectivity index (χ2n) is 6.78. The standard InChI is InChI=1S/C17H30N4/c1-4-6-9-20-12-13(3)18-17(20)21(5-2)16-10-14-7-8-15(11-16)19-14/h12,14-16,19H,4-11H2,1-3H3. The summed E-state index contributed by atoms with van der Waals surface area (Å²) in [6.07, 6.45) is 9.99. The Morgan fingerprint density at radius 3 is 2.62 bits per heavy atom. The summed E-state index contributed by atoms with van der Waals surface area (Å²) in [6.45, 7) is 8.81. The fourth-order valence-electron chi connectivity index (χ4n) is 4.10. The SMILES string of the molecule is CCCCn1cc(C)nc1N(CC)C1CC2CCC(C1)N2. The van der Waals surface area contributed by atoms with Crippen LogP contribution < -0.4 is 10.2 Å². The van der Waals surface area contributed by atoms with Crippen LogP contribution in [0.1, 0.15) is 58.1 Å². The smallest absolute Gasteiger partial charge is 0.205 e. The van der Waals surface area contributed by atoms with Gasteiger partial charge in [-0.2, -0.15) is 0 Å². The molecule has 0 aliphatic carbocycles. The van der Waals surface area contributed by atoms with Crippen LogP contribution in [0.25, 0.3) is 0 Å². The van der Waals surface area contributed by atoms with E-state index in [1.54, 1.807) is 0 Å². The van der Waals surface area contributed by atoms with Gasteiger partial charge in [0.1, 0.15) is 0 Å². The molecular weight excluding hydrogens is 260 g/mol. The molecule has 0 saturated carbocycles. The van der Waals surface area contributed by atoms with Gasteiger partial charge in [-0.3, -0.25) is 0 Å². The highest BCUT2D eigenvalue weighted by Crippen LogP contribution is 2.32. The average Bonchev–Trinajstić information content (AvgIpc) is 3.00. The molecule has 0 radical (unpaired) electrons. The monoisotopic (exact) mass is 290 g/mol. The van der Waals surface area contributed by atoms with Crippen molar-refractivity contribution in [2.45, 2.75) is 84.0 Å². The molecule has 3 rings (SSSR count). The van der Waals surface area contributed by atoms with E-state index in [9.17, 15) is 0 Å². The van der Waals surface area contributed by atoms with Gasteiger partial charge >= 0.3 is 0 Å². The predicted octanol–water partition coefficient (Wildman–Crippen LogP) is 3.10. The Hall–Kier alpha value is -1.03. The molecule has 118 valence electrons. The summed E-state index contributed by atoms with van der Waals surface area (Å²) in [5.74, 6) is 1.20. The highest BCUT2D eigenvalue weighted by molar-refractivity contribution is 5.35.